The van der Waals surface area contributed by atoms with E-state index in [1.165, 1.54) is 169 Å². The zero-order valence-electron chi connectivity index (χ0n) is 73.4. The van der Waals surface area contributed by atoms with Crippen molar-refractivity contribution in [3.8, 4) is 50.4 Å². The van der Waals surface area contributed by atoms with Gasteiger partial charge >= 0.3 is 0 Å². The molecule has 0 unspecified atom stereocenters. The Morgan fingerprint density at radius 3 is 0.971 bits per heavy atom. The monoisotopic (exact) mass is 1830 g/mol. The quantitative estimate of drug-likeness (QED) is 0.166. The lowest BCUT2D eigenvalue weighted by atomic mass is 10.00. The van der Waals surface area contributed by atoms with Gasteiger partial charge < -0.3 is 35.8 Å². The van der Waals surface area contributed by atoms with E-state index in [1.807, 2.05) is 81.7 Å². The van der Waals surface area contributed by atoms with E-state index < -0.39 is 0 Å². The van der Waals surface area contributed by atoms with Gasteiger partial charge in [0.1, 0.15) is 55.8 Å². The van der Waals surface area contributed by atoms with Gasteiger partial charge in [-0.1, -0.05) is 273 Å². The summed E-state index contributed by atoms with van der Waals surface area (Å²) in [5.74, 6) is 0. The van der Waals surface area contributed by atoms with E-state index >= 15 is 0 Å². The fourth-order valence-electron chi connectivity index (χ4n) is 22.8. The minimum Gasteiger partial charge on any atom is -0.456 e. The first-order valence-electron chi connectivity index (χ1n) is 46.5. The van der Waals surface area contributed by atoms with Crippen LogP contribution in [-0.2, 0) is 0 Å². The van der Waals surface area contributed by atoms with Gasteiger partial charge in [-0.15, -0.1) is 45.3 Å². The number of para-hydroxylation sites is 10. The Bertz CT molecular complexity index is 10900. The van der Waals surface area contributed by atoms with Crippen LogP contribution in [0, 0.1) is 0 Å². The summed E-state index contributed by atoms with van der Waals surface area (Å²) in [6, 6.07) is 150. The average molecular weight is 1830 g/mol. The maximum absolute atomic E-state index is 6.52. The largest absolute Gasteiger partial charge is 0.456 e. The number of fused-ring (bicyclic) bond motifs is 38. The third kappa shape index (κ3) is 11.0. The molecule has 0 aliphatic carbocycles. The van der Waals surface area contributed by atoms with E-state index in [-0.39, 0.29) is 0 Å². The Labute approximate surface area is 799 Å². The molecular weight excluding hydrogens is 1760 g/mol. The van der Waals surface area contributed by atoms with Gasteiger partial charge in [-0.05, 0) is 146 Å². The predicted octanol–water partition coefficient (Wildman–Crippen LogP) is 38.3. The number of thiophene rings is 4. The first kappa shape index (κ1) is 76.3. The molecule has 21 aromatic carbocycles. The van der Waals surface area contributed by atoms with E-state index in [1.54, 1.807) is 0 Å². The fraction of sp³-hybridized carbons (Fsp3) is 0. The van der Waals surface area contributed by atoms with Gasteiger partial charge in [-0.25, -0.2) is 0 Å². The van der Waals surface area contributed by atoms with Gasteiger partial charge in [0.05, 0.1) is 38.5 Å². The standard InChI is InChI=1S/2C42H23NO2S.C42H23NOS2/c1-4-16-35-25(9-1)32-23-39-33(27-11-3-5-17-37(27)44-39)22-36(32)43(35)24-19-20-40-34(21-24)31-15-8-14-30(42(31)46-40)29-13-7-12-28-26-10-2-6-18-38(26)45-41(28)29;1-4-16-34-32(11-1)39-35(21-20-29-26-10-3-6-18-37(26)45-41(29)39)43(34)24-19-22-38-33(23-24)31-15-8-14-30(42(31)46-38)28-13-7-12-27-25-9-2-5-17-36(25)44-40(27)28;1-4-16-33-30(10-1)39-34(20-21-36-40(39)31-11-2-5-17-35(31)44-36)43(33)24-19-22-38-32(23-24)29-15-8-14-28(42(29)46-38)27-13-7-12-26-25-9-3-6-18-37(25)45-41(26)27/h3*1-23H. The van der Waals surface area contributed by atoms with Crippen LogP contribution in [-0.4, -0.2) is 13.7 Å². The third-order valence-electron chi connectivity index (χ3n) is 28.8. The van der Waals surface area contributed by atoms with Crippen LogP contribution >= 0.6 is 45.3 Å². The molecule has 0 N–H and O–H groups in total. The molecular formula is C126H69N3O5S4. The second kappa shape index (κ2) is 29.2. The van der Waals surface area contributed by atoms with Crippen molar-refractivity contribution in [2.75, 3.05) is 0 Å². The highest BCUT2D eigenvalue weighted by Gasteiger charge is 2.27. The lowest BCUT2D eigenvalue weighted by Gasteiger charge is -2.08. The molecule has 0 amide bonds. The Kier molecular flexibility index (Phi) is 16.2. The van der Waals surface area contributed by atoms with Crippen molar-refractivity contribution >= 4 is 301 Å². The van der Waals surface area contributed by atoms with Crippen LogP contribution in [0.15, 0.2) is 441 Å². The Balaban J connectivity index is 0.0000000959. The molecule has 33 aromatic rings. The molecule has 12 heterocycles. The normalized spacial score (nSPS) is 12.3. The smallest absolute Gasteiger partial charge is 0.145 e. The predicted molar refractivity (Wildman–Crippen MR) is 587 cm³/mol. The second-order valence-electron chi connectivity index (χ2n) is 36.1. The molecule has 0 spiro atoms. The van der Waals surface area contributed by atoms with Crippen molar-refractivity contribution in [3.63, 3.8) is 0 Å². The molecule has 12 heteroatoms. The fourth-order valence-corrected chi connectivity index (χ4v) is 27.7. The van der Waals surface area contributed by atoms with Crippen molar-refractivity contribution in [1.82, 2.24) is 13.7 Å². The molecule has 0 bridgehead atoms. The number of benzene rings is 21. The van der Waals surface area contributed by atoms with Crippen LogP contribution in [0.25, 0.3) is 306 Å². The average Bonchev–Trinajstić information content (AvgIpc) is 1.54. The highest BCUT2D eigenvalue weighted by Crippen LogP contribution is 2.53. The molecule has 138 heavy (non-hydrogen) atoms. The Hall–Kier alpha value is -17.1. The zero-order valence-corrected chi connectivity index (χ0v) is 76.6. The SMILES string of the molecule is c1ccc2c(c1)oc1c(-c3cccc4c3sc3ccc(-n5c6ccccc6c6c7oc8ccccc8c7ccc65)cc34)cccc12.c1ccc2c(c1)oc1cc3c4ccccc4n(-c4ccc5sc6c(-c7cccc8c7oc7ccccc78)cccc6c5c4)c3cc12.c1ccc2c(c1)oc1ccc3c(c4ccccc4n3-c3ccc4sc5c(-c6cccc7c6sc6ccccc67)cccc5c4c3)c12. The first-order chi connectivity index (χ1) is 68.4. The lowest BCUT2D eigenvalue weighted by Crippen LogP contribution is -1.93. The summed E-state index contributed by atoms with van der Waals surface area (Å²) >= 11 is 7.50. The molecule has 0 radical (unpaired) electrons. The van der Waals surface area contributed by atoms with Crippen molar-refractivity contribution in [2.24, 2.45) is 0 Å². The molecule has 8 nitrogen and oxygen atoms in total. The second-order valence-corrected chi connectivity index (χ2v) is 40.3. The topological polar surface area (TPSA) is 80.5 Å². The van der Waals surface area contributed by atoms with Crippen molar-refractivity contribution < 1.29 is 22.1 Å². The third-order valence-corrected chi connectivity index (χ3v) is 33.7. The van der Waals surface area contributed by atoms with Crippen LogP contribution in [0.1, 0.15) is 0 Å². The summed E-state index contributed by atoms with van der Waals surface area (Å²) in [4.78, 5) is 0. The first-order valence-corrected chi connectivity index (χ1v) is 49.8. The highest BCUT2D eigenvalue weighted by atomic mass is 32.1. The molecule has 12 aromatic heterocycles. The van der Waals surface area contributed by atoms with Gasteiger partial charge in [0.15, 0.2) is 0 Å². The number of aromatic nitrogens is 3. The molecule has 0 atom stereocenters. The number of furan rings is 5. The number of rotatable bonds is 6. The van der Waals surface area contributed by atoms with Crippen LogP contribution in [0.5, 0.6) is 0 Å². The Morgan fingerprint density at radius 2 is 0.471 bits per heavy atom. The summed E-state index contributed by atoms with van der Waals surface area (Å²) < 4.78 is 49.7. The van der Waals surface area contributed by atoms with E-state index in [0.29, 0.717) is 0 Å². The minimum atomic E-state index is 0.918. The number of nitrogens with zero attached hydrogens (tertiary/aromatic N) is 3. The van der Waals surface area contributed by atoms with Gasteiger partial charge in [0.25, 0.3) is 0 Å². The highest BCUT2D eigenvalue weighted by molar-refractivity contribution is 7.28. The minimum absolute atomic E-state index is 0.918. The Morgan fingerprint density at radius 1 is 0.145 bits per heavy atom. The van der Waals surface area contributed by atoms with E-state index in [2.05, 4.69) is 396 Å². The van der Waals surface area contributed by atoms with Crippen LogP contribution in [0.4, 0.5) is 0 Å². The van der Waals surface area contributed by atoms with E-state index in [0.717, 1.165) is 138 Å². The lowest BCUT2D eigenvalue weighted by molar-refractivity contribution is 0.669. The summed E-state index contributed by atoms with van der Waals surface area (Å²) in [6.45, 7) is 0. The molecule has 642 valence electrons. The summed E-state index contributed by atoms with van der Waals surface area (Å²) in [7, 11) is 0. The van der Waals surface area contributed by atoms with Crippen LogP contribution in [0.3, 0.4) is 0 Å². The van der Waals surface area contributed by atoms with Gasteiger partial charge in [0.2, 0.25) is 0 Å². The van der Waals surface area contributed by atoms with Crippen molar-refractivity contribution in [1.29, 1.82) is 0 Å². The maximum Gasteiger partial charge on any atom is 0.145 e. The van der Waals surface area contributed by atoms with Gasteiger partial charge in [-0.2, -0.15) is 0 Å². The molecule has 0 aliphatic rings. The molecule has 0 fully saturated rings. The summed E-state index contributed by atoms with van der Waals surface area (Å²) in [5.41, 5.74) is 27.1. The van der Waals surface area contributed by atoms with E-state index in [9.17, 15) is 0 Å². The molecule has 0 saturated carbocycles. The van der Waals surface area contributed by atoms with Gasteiger partial charge in [0, 0.05) is 212 Å². The summed E-state index contributed by atoms with van der Waals surface area (Å²) in [5, 5.41) is 29.1. The van der Waals surface area contributed by atoms with E-state index in [4.69, 9.17) is 22.1 Å². The summed E-state index contributed by atoms with van der Waals surface area (Å²) in [6.07, 6.45) is 0. The molecule has 0 aliphatic heterocycles. The molecule has 33 rings (SSSR count). The van der Waals surface area contributed by atoms with Crippen LogP contribution in [0.2, 0.25) is 0 Å². The van der Waals surface area contributed by atoms with Crippen molar-refractivity contribution in [2.45, 2.75) is 0 Å². The van der Waals surface area contributed by atoms with Crippen molar-refractivity contribution in [3.05, 3.63) is 419 Å². The maximum atomic E-state index is 6.52. The number of hydrogen-bond acceptors (Lipinski definition) is 9. The van der Waals surface area contributed by atoms with Gasteiger partial charge in [-0.3, -0.25) is 0 Å². The van der Waals surface area contributed by atoms with Crippen LogP contribution < -0.4 is 0 Å². The number of hydrogen-bond donors (Lipinski definition) is 0. The molecule has 0 saturated heterocycles. The zero-order chi connectivity index (χ0) is 89.8.